The Morgan fingerprint density at radius 1 is 1.17 bits per heavy atom. The lowest BCUT2D eigenvalue weighted by atomic mass is 9.53. The van der Waals surface area contributed by atoms with Crippen molar-refractivity contribution in [3.8, 4) is 11.8 Å². The normalized spacial score (nSPS) is 30.3. The molecule has 0 aromatic heterocycles. The summed E-state index contributed by atoms with van der Waals surface area (Å²) in [6, 6.07) is 9.37. The molecule has 5 nitrogen and oxygen atoms in total. The number of ether oxygens (including phenoxy) is 1. The van der Waals surface area contributed by atoms with Gasteiger partial charge in [-0.25, -0.2) is 0 Å². The Hall–Kier alpha value is -2.13. The van der Waals surface area contributed by atoms with Gasteiger partial charge in [0, 0.05) is 11.2 Å². The van der Waals surface area contributed by atoms with Crippen LogP contribution in [-0.4, -0.2) is 24.3 Å². The summed E-state index contributed by atoms with van der Waals surface area (Å²) in [6.07, 6.45) is 9.53. The topological polar surface area (TPSA) is 74.1 Å². The van der Waals surface area contributed by atoms with Crippen LogP contribution in [0.2, 0.25) is 0 Å². The molecule has 0 spiro atoms. The Kier molecular flexibility index (Phi) is 5.78. The van der Waals surface area contributed by atoms with Gasteiger partial charge in [-0.15, -0.1) is 11.8 Å². The molecule has 0 radical (unpaired) electrons. The molecule has 0 aliphatic heterocycles. The van der Waals surface area contributed by atoms with Crippen LogP contribution in [0.4, 0.5) is 5.69 Å². The van der Waals surface area contributed by atoms with Crippen molar-refractivity contribution in [1.82, 2.24) is 5.32 Å². The minimum Gasteiger partial charge on any atom is -0.494 e. The van der Waals surface area contributed by atoms with E-state index >= 15 is 0 Å². The highest BCUT2D eigenvalue weighted by molar-refractivity contribution is 8.02. The predicted molar refractivity (Wildman–Crippen MR) is 116 cm³/mol. The van der Waals surface area contributed by atoms with Crippen LogP contribution in [0.1, 0.15) is 45.4 Å². The van der Waals surface area contributed by atoms with E-state index in [1.165, 1.54) is 50.3 Å². The molecule has 4 aliphatic rings. The minimum absolute atomic E-state index is 0.0641. The third-order valence-corrected chi connectivity index (χ3v) is 7.32. The second-order valence-corrected chi connectivity index (χ2v) is 9.57. The standard InChI is InChI=1S/C23H29N3O2S/c1-3-28-19-6-4-18(5-7-19)25-21(27)20(14-24)22(29-2)26-23-11-15-8-16(12-23)10-17(9-15)13-23/h4-7,15-17,26H,3,8-13H2,1-2H3,(H,25,27)/b22-20+. The van der Waals surface area contributed by atoms with E-state index in [0.29, 0.717) is 17.3 Å². The highest BCUT2D eigenvalue weighted by atomic mass is 32.2. The zero-order valence-corrected chi connectivity index (χ0v) is 18.0. The molecule has 4 fully saturated rings. The van der Waals surface area contributed by atoms with Gasteiger partial charge in [-0.2, -0.15) is 5.26 Å². The van der Waals surface area contributed by atoms with Gasteiger partial charge in [-0.1, -0.05) is 0 Å². The molecule has 4 bridgehead atoms. The molecule has 29 heavy (non-hydrogen) atoms. The van der Waals surface area contributed by atoms with Crippen molar-refractivity contribution in [3.05, 3.63) is 34.9 Å². The van der Waals surface area contributed by atoms with Crippen molar-refractivity contribution in [1.29, 1.82) is 5.26 Å². The number of anilines is 1. The quantitative estimate of drug-likeness (QED) is 0.503. The van der Waals surface area contributed by atoms with E-state index in [0.717, 1.165) is 23.5 Å². The molecular formula is C23H29N3O2S. The van der Waals surface area contributed by atoms with Crippen molar-refractivity contribution < 1.29 is 9.53 Å². The molecule has 1 aromatic rings. The monoisotopic (exact) mass is 411 g/mol. The third-order valence-electron chi connectivity index (χ3n) is 6.61. The first-order valence-corrected chi connectivity index (χ1v) is 11.8. The summed E-state index contributed by atoms with van der Waals surface area (Å²) >= 11 is 1.46. The van der Waals surface area contributed by atoms with Crippen LogP contribution < -0.4 is 15.4 Å². The second kappa shape index (κ2) is 8.31. The fourth-order valence-electron chi connectivity index (χ4n) is 5.92. The SMILES string of the molecule is CCOc1ccc(NC(=O)/C(C#N)=C(\NC23CC4CC(CC(C4)C2)C3)SC)cc1. The van der Waals surface area contributed by atoms with Crippen LogP contribution >= 0.6 is 11.8 Å². The number of hydrogen-bond donors (Lipinski definition) is 2. The second-order valence-electron chi connectivity index (χ2n) is 8.75. The van der Waals surface area contributed by atoms with Crippen LogP contribution in [0, 0.1) is 29.1 Å². The molecule has 0 unspecified atom stereocenters. The molecule has 4 aliphatic carbocycles. The average molecular weight is 412 g/mol. The van der Waals surface area contributed by atoms with Crippen molar-refractivity contribution in [3.63, 3.8) is 0 Å². The molecule has 0 heterocycles. The highest BCUT2D eigenvalue weighted by Gasteiger charge is 2.51. The lowest BCUT2D eigenvalue weighted by Crippen LogP contribution is -2.58. The maximum atomic E-state index is 12.9. The molecule has 6 heteroatoms. The first kappa shape index (κ1) is 20.2. The van der Waals surface area contributed by atoms with E-state index in [-0.39, 0.29) is 17.0 Å². The summed E-state index contributed by atoms with van der Waals surface area (Å²) in [5.74, 6) is 2.81. The van der Waals surface area contributed by atoms with E-state index in [1.54, 1.807) is 12.1 Å². The van der Waals surface area contributed by atoms with Gasteiger partial charge in [0.05, 0.1) is 11.6 Å². The summed E-state index contributed by atoms with van der Waals surface area (Å²) in [4.78, 5) is 12.9. The third kappa shape index (κ3) is 4.25. The van der Waals surface area contributed by atoms with Crippen molar-refractivity contribution in [2.24, 2.45) is 17.8 Å². The minimum atomic E-state index is -0.363. The highest BCUT2D eigenvalue weighted by Crippen LogP contribution is 2.56. The Bertz CT molecular complexity index is 805. The van der Waals surface area contributed by atoms with Gasteiger partial charge >= 0.3 is 0 Å². The molecule has 2 N–H and O–H groups in total. The average Bonchev–Trinajstić information content (AvgIpc) is 2.68. The first-order chi connectivity index (χ1) is 14.0. The predicted octanol–water partition coefficient (Wildman–Crippen LogP) is 4.68. The van der Waals surface area contributed by atoms with Crippen LogP contribution in [-0.2, 0) is 4.79 Å². The number of hydrogen-bond acceptors (Lipinski definition) is 5. The molecule has 1 amide bonds. The fraction of sp³-hybridized carbons (Fsp3) is 0.565. The van der Waals surface area contributed by atoms with Crippen LogP contribution in [0.25, 0.3) is 0 Å². The van der Waals surface area contributed by atoms with Crippen LogP contribution in [0.5, 0.6) is 5.75 Å². The number of thioether (sulfide) groups is 1. The lowest BCUT2D eigenvalue weighted by Gasteiger charge is -2.57. The Morgan fingerprint density at radius 2 is 1.76 bits per heavy atom. The summed E-state index contributed by atoms with van der Waals surface area (Å²) in [6.45, 7) is 2.53. The zero-order valence-electron chi connectivity index (χ0n) is 17.2. The van der Waals surface area contributed by atoms with Crippen molar-refractivity contribution in [2.75, 3.05) is 18.2 Å². The van der Waals surface area contributed by atoms with Gasteiger partial charge in [0.1, 0.15) is 17.4 Å². The lowest BCUT2D eigenvalue weighted by molar-refractivity contribution is -0.112. The number of carbonyl (C=O) groups is 1. The summed E-state index contributed by atoms with van der Waals surface area (Å²) < 4.78 is 5.44. The van der Waals surface area contributed by atoms with E-state index in [9.17, 15) is 10.1 Å². The molecule has 0 saturated heterocycles. The first-order valence-electron chi connectivity index (χ1n) is 10.5. The molecular weight excluding hydrogens is 382 g/mol. The van der Waals surface area contributed by atoms with Gasteiger partial charge in [0.15, 0.2) is 0 Å². The maximum Gasteiger partial charge on any atom is 0.269 e. The van der Waals surface area contributed by atoms with Crippen molar-refractivity contribution in [2.45, 2.75) is 51.0 Å². The van der Waals surface area contributed by atoms with Crippen LogP contribution in [0.15, 0.2) is 34.9 Å². The maximum absolute atomic E-state index is 12.9. The van der Waals surface area contributed by atoms with Gasteiger partial charge in [-0.3, -0.25) is 4.79 Å². The van der Waals surface area contributed by atoms with E-state index in [4.69, 9.17) is 4.74 Å². The Morgan fingerprint density at radius 3 is 2.24 bits per heavy atom. The summed E-state index contributed by atoms with van der Waals surface area (Å²) in [5.41, 5.74) is 0.887. The molecule has 5 rings (SSSR count). The van der Waals surface area contributed by atoms with Crippen molar-refractivity contribution >= 4 is 23.4 Å². The van der Waals surface area contributed by atoms with Gasteiger partial charge < -0.3 is 15.4 Å². The number of nitriles is 1. The number of nitrogens with zero attached hydrogens (tertiary/aromatic N) is 1. The van der Waals surface area contributed by atoms with E-state index in [2.05, 4.69) is 16.7 Å². The Labute approximate surface area is 177 Å². The summed E-state index contributed by atoms with van der Waals surface area (Å²) in [7, 11) is 0. The van der Waals surface area contributed by atoms with E-state index < -0.39 is 0 Å². The number of rotatable bonds is 7. The zero-order chi connectivity index (χ0) is 20.4. The molecule has 154 valence electrons. The van der Waals surface area contributed by atoms with Crippen LogP contribution in [0.3, 0.4) is 0 Å². The summed E-state index contributed by atoms with van der Waals surface area (Å²) in [5, 5.41) is 17.0. The number of amides is 1. The van der Waals surface area contributed by atoms with Gasteiger partial charge in [0.2, 0.25) is 0 Å². The smallest absolute Gasteiger partial charge is 0.269 e. The number of nitrogens with one attached hydrogen (secondary N) is 2. The van der Waals surface area contributed by atoms with E-state index in [1.807, 2.05) is 25.3 Å². The molecule has 4 saturated carbocycles. The molecule has 1 aromatic carbocycles. The fourth-order valence-corrected chi connectivity index (χ4v) is 6.58. The molecule has 0 atom stereocenters. The largest absolute Gasteiger partial charge is 0.494 e. The van der Waals surface area contributed by atoms with Gasteiger partial charge in [-0.05, 0) is 93.7 Å². The Balaban J connectivity index is 1.50. The van der Waals surface area contributed by atoms with Gasteiger partial charge in [0.25, 0.3) is 5.91 Å². The number of carbonyl (C=O) groups excluding carboxylic acids is 1. The number of benzene rings is 1.